The predicted octanol–water partition coefficient (Wildman–Crippen LogP) is 2.33. The van der Waals surface area contributed by atoms with Crippen molar-refractivity contribution in [1.29, 1.82) is 0 Å². The molecular weight excluding hydrogens is 335 g/mol. The molecule has 134 valence electrons. The van der Waals surface area contributed by atoms with Crippen LogP contribution in [0, 0.1) is 5.82 Å². The minimum atomic E-state index is -0.783. The number of halogens is 1. The topological polar surface area (TPSA) is 70.4 Å². The number of carbonyl (C=O) groups excluding carboxylic acids is 1. The number of fused-ring (bicyclic) bond motifs is 3. The van der Waals surface area contributed by atoms with Gasteiger partial charge in [-0.05, 0) is 24.7 Å². The summed E-state index contributed by atoms with van der Waals surface area (Å²) < 4.78 is 16.6. The first-order chi connectivity index (χ1) is 12.6. The second kappa shape index (κ2) is 6.51. The Morgan fingerprint density at radius 3 is 2.96 bits per heavy atom. The normalized spacial score (nSPS) is 14.4. The molecule has 0 aliphatic carbocycles. The van der Waals surface area contributed by atoms with Crippen LogP contribution in [0.2, 0.25) is 0 Å². The molecule has 7 heteroatoms. The van der Waals surface area contributed by atoms with Gasteiger partial charge >= 0.3 is 0 Å². The van der Waals surface area contributed by atoms with E-state index in [1.165, 1.54) is 28.3 Å². The summed E-state index contributed by atoms with van der Waals surface area (Å²) in [6.07, 6.45) is 2.17. The van der Waals surface area contributed by atoms with Crippen LogP contribution in [-0.2, 0) is 19.5 Å². The van der Waals surface area contributed by atoms with E-state index < -0.39 is 11.7 Å². The van der Waals surface area contributed by atoms with Crippen LogP contribution >= 0.6 is 0 Å². The van der Waals surface area contributed by atoms with E-state index in [4.69, 9.17) is 5.21 Å². The highest BCUT2D eigenvalue weighted by molar-refractivity contribution is 5.93. The summed E-state index contributed by atoms with van der Waals surface area (Å²) in [7, 11) is 2.10. The number of nitrogens with one attached hydrogen (secondary N) is 1. The van der Waals surface area contributed by atoms with Gasteiger partial charge in [0.05, 0.1) is 17.8 Å². The van der Waals surface area contributed by atoms with Crippen molar-refractivity contribution in [1.82, 2.24) is 19.9 Å². The van der Waals surface area contributed by atoms with Crippen LogP contribution in [0.3, 0.4) is 0 Å². The SMILES string of the molecule is CN1CCc2c(c3ccccc3n2Cc2ncc(C(=O)NO)cc2F)C1. The lowest BCUT2D eigenvalue weighted by Crippen LogP contribution is -2.27. The number of hydroxylamine groups is 1. The van der Waals surface area contributed by atoms with Gasteiger partial charge < -0.3 is 9.47 Å². The molecule has 0 saturated heterocycles. The Kier molecular flexibility index (Phi) is 4.18. The van der Waals surface area contributed by atoms with Crippen molar-refractivity contribution in [3.8, 4) is 0 Å². The minimum Gasteiger partial charge on any atom is -0.338 e. The zero-order chi connectivity index (χ0) is 18.3. The molecule has 6 nitrogen and oxygen atoms in total. The number of pyridine rings is 1. The summed E-state index contributed by atoms with van der Waals surface area (Å²) in [5, 5.41) is 9.86. The van der Waals surface area contributed by atoms with E-state index in [2.05, 4.69) is 27.6 Å². The molecule has 0 bridgehead atoms. The highest BCUT2D eigenvalue weighted by Gasteiger charge is 2.23. The van der Waals surface area contributed by atoms with Crippen LogP contribution in [0.5, 0.6) is 0 Å². The van der Waals surface area contributed by atoms with Crippen LogP contribution in [0.15, 0.2) is 36.5 Å². The van der Waals surface area contributed by atoms with Crippen LogP contribution in [0.1, 0.15) is 27.3 Å². The number of hydrogen-bond acceptors (Lipinski definition) is 4. The maximum Gasteiger partial charge on any atom is 0.276 e. The maximum absolute atomic E-state index is 14.5. The second-order valence-electron chi connectivity index (χ2n) is 6.61. The number of benzene rings is 1. The zero-order valence-electron chi connectivity index (χ0n) is 14.4. The Bertz CT molecular complexity index is 999. The molecule has 1 aliphatic heterocycles. The number of para-hydroxylation sites is 1. The fraction of sp³-hybridized carbons (Fsp3) is 0.263. The van der Waals surface area contributed by atoms with Crippen molar-refractivity contribution < 1.29 is 14.4 Å². The average Bonchev–Trinajstić information content (AvgIpc) is 2.96. The fourth-order valence-electron chi connectivity index (χ4n) is 3.64. The largest absolute Gasteiger partial charge is 0.338 e. The van der Waals surface area contributed by atoms with Crippen molar-refractivity contribution in [3.05, 3.63) is 64.9 Å². The molecule has 1 aliphatic rings. The number of hydrogen-bond donors (Lipinski definition) is 2. The van der Waals surface area contributed by atoms with Gasteiger partial charge in [-0.2, -0.15) is 0 Å². The molecule has 1 aromatic carbocycles. The Morgan fingerprint density at radius 1 is 1.38 bits per heavy atom. The van der Waals surface area contributed by atoms with E-state index in [0.29, 0.717) is 6.54 Å². The van der Waals surface area contributed by atoms with E-state index in [0.717, 1.165) is 31.1 Å². The summed E-state index contributed by atoms with van der Waals surface area (Å²) in [6.45, 7) is 2.12. The highest BCUT2D eigenvalue weighted by atomic mass is 19.1. The average molecular weight is 354 g/mol. The molecular formula is C19H19FN4O2. The maximum atomic E-state index is 14.5. The number of rotatable bonds is 3. The molecule has 0 atom stereocenters. The number of amides is 1. The predicted molar refractivity (Wildman–Crippen MR) is 94.5 cm³/mol. The number of carbonyl (C=O) groups is 1. The van der Waals surface area contributed by atoms with Crippen molar-refractivity contribution in [2.75, 3.05) is 13.6 Å². The van der Waals surface area contributed by atoms with Gasteiger partial charge in [0.2, 0.25) is 0 Å². The van der Waals surface area contributed by atoms with E-state index >= 15 is 0 Å². The van der Waals surface area contributed by atoms with Crippen molar-refractivity contribution in [3.63, 3.8) is 0 Å². The zero-order valence-corrected chi connectivity index (χ0v) is 14.4. The summed E-state index contributed by atoms with van der Waals surface area (Å²) in [5.74, 6) is -1.35. The van der Waals surface area contributed by atoms with Gasteiger partial charge in [-0.1, -0.05) is 18.2 Å². The number of likely N-dealkylation sites (N-methyl/N-ethyl adjacent to an activating group) is 1. The molecule has 2 N–H and O–H groups in total. The van der Waals surface area contributed by atoms with Crippen LogP contribution in [-0.4, -0.2) is 39.2 Å². The number of nitrogens with zero attached hydrogens (tertiary/aromatic N) is 3. The van der Waals surface area contributed by atoms with Crippen molar-refractivity contribution in [2.45, 2.75) is 19.5 Å². The van der Waals surface area contributed by atoms with Gasteiger partial charge in [-0.25, -0.2) is 9.87 Å². The molecule has 0 unspecified atom stereocenters. The van der Waals surface area contributed by atoms with Gasteiger partial charge in [0.1, 0.15) is 5.82 Å². The molecule has 1 amide bonds. The van der Waals surface area contributed by atoms with Crippen molar-refractivity contribution in [2.24, 2.45) is 0 Å². The lowest BCUT2D eigenvalue weighted by molar-refractivity contribution is 0.0705. The Morgan fingerprint density at radius 2 is 2.19 bits per heavy atom. The van der Waals surface area contributed by atoms with Crippen molar-refractivity contribution >= 4 is 16.8 Å². The summed E-state index contributed by atoms with van der Waals surface area (Å²) in [5.41, 5.74) is 5.29. The summed E-state index contributed by atoms with van der Waals surface area (Å²) in [6, 6.07) is 9.23. The first kappa shape index (κ1) is 16.7. The smallest absolute Gasteiger partial charge is 0.276 e. The molecule has 0 fully saturated rings. The molecule has 3 aromatic rings. The third-order valence-electron chi connectivity index (χ3n) is 4.94. The van der Waals surface area contributed by atoms with Gasteiger partial charge in [0.15, 0.2) is 0 Å². The molecule has 0 radical (unpaired) electrons. The van der Waals surface area contributed by atoms with Gasteiger partial charge in [-0.15, -0.1) is 0 Å². The molecule has 3 heterocycles. The first-order valence-corrected chi connectivity index (χ1v) is 8.45. The number of aromatic nitrogens is 2. The Labute approximate surface area is 149 Å². The van der Waals surface area contributed by atoms with Crippen LogP contribution in [0.4, 0.5) is 4.39 Å². The third-order valence-corrected chi connectivity index (χ3v) is 4.94. The standard InChI is InChI=1S/C19H19FN4O2/c1-23-7-6-18-14(10-23)13-4-2-3-5-17(13)24(18)11-16-15(20)8-12(9-21-16)19(25)22-26/h2-5,8-9,26H,6-7,10-11H2,1H3,(H,22,25). The molecule has 26 heavy (non-hydrogen) atoms. The van der Waals surface area contributed by atoms with E-state index in [1.807, 2.05) is 18.2 Å². The highest BCUT2D eigenvalue weighted by Crippen LogP contribution is 2.31. The van der Waals surface area contributed by atoms with Gasteiger partial charge in [-0.3, -0.25) is 15.0 Å². The lowest BCUT2D eigenvalue weighted by atomic mass is 10.1. The Hall–Kier alpha value is -2.77. The van der Waals surface area contributed by atoms with Gasteiger partial charge in [0.25, 0.3) is 5.91 Å². The fourth-order valence-corrected chi connectivity index (χ4v) is 3.64. The summed E-state index contributed by atoms with van der Waals surface area (Å²) in [4.78, 5) is 17.8. The quantitative estimate of drug-likeness (QED) is 0.559. The molecule has 4 rings (SSSR count). The van der Waals surface area contributed by atoms with Crippen LogP contribution < -0.4 is 5.48 Å². The summed E-state index contributed by atoms with van der Waals surface area (Å²) >= 11 is 0. The monoisotopic (exact) mass is 354 g/mol. The molecule has 2 aromatic heterocycles. The minimum absolute atomic E-state index is 0.0187. The first-order valence-electron chi connectivity index (χ1n) is 8.45. The molecule has 0 saturated carbocycles. The Balaban J connectivity index is 1.78. The van der Waals surface area contributed by atoms with E-state index in [9.17, 15) is 9.18 Å². The lowest BCUT2D eigenvalue weighted by Gasteiger charge is -2.24. The second-order valence-corrected chi connectivity index (χ2v) is 6.61. The molecule has 0 spiro atoms. The third kappa shape index (κ3) is 2.75. The van der Waals surface area contributed by atoms with Gasteiger partial charge in [0, 0.05) is 42.3 Å². The van der Waals surface area contributed by atoms with E-state index in [1.54, 1.807) is 0 Å². The van der Waals surface area contributed by atoms with E-state index in [-0.39, 0.29) is 11.3 Å². The van der Waals surface area contributed by atoms with Crippen LogP contribution in [0.25, 0.3) is 10.9 Å².